The molecular formula is C14H14N2O2S. The lowest BCUT2D eigenvalue weighted by Gasteiger charge is -2.03. The van der Waals surface area contributed by atoms with Crippen LogP contribution in [0.4, 0.5) is 5.13 Å². The van der Waals surface area contributed by atoms with E-state index in [0.29, 0.717) is 15.6 Å². The highest BCUT2D eigenvalue weighted by Crippen LogP contribution is 2.21. The molecule has 0 radical (unpaired) electrons. The van der Waals surface area contributed by atoms with Gasteiger partial charge in [-0.3, -0.25) is 9.59 Å². The number of nitrogens with zero attached hydrogens (tertiary/aromatic N) is 1. The Hall–Kier alpha value is -2.01. The van der Waals surface area contributed by atoms with Crippen LogP contribution in [-0.4, -0.2) is 16.7 Å². The molecule has 0 bridgehead atoms. The van der Waals surface area contributed by atoms with Crippen molar-refractivity contribution >= 4 is 28.2 Å². The maximum absolute atomic E-state index is 12.1. The van der Waals surface area contributed by atoms with Gasteiger partial charge in [0.2, 0.25) is 11.7 Å². The van der Waals surface area contributed by atoms with Gasteiger partial charge < -0.3 is 5.32 Å². The fourth-order valence-corrected chi connectivity index (χ4v) is 2.20. The summed E-state index contributed by atoms with van der Waals surface area (Å²) in [6.45, 7) is 3.61. The lowest BCUT2D eigenvalue weighted by Crippen LogP contribution is -2.17. The molecule has 4 nitrogen and oxygen atoms in total. The molecule has 1 aromatic carbocycles. The summed E-state index contributed by atoms with van der Waals surface area (Å²) in [5, 5.41) is 3.14. The number of aromatic nitrogens is 1. The van der Waals surface area contributed by atoms with Gasteiger partial charge in [0.05, 0.1) is 11.1 Å². The van der Waals surface area contributed by atoms with Crippen LogP contribution >= 0.6 is 11.3 Å². The van der Waals surface area contributed by atoms with E-state index in [1.165, 1.54) is 17.5 Å². The molecule has 1 N–H and O–H groups in total. The molecule has 98 valence electrons. The van der Waals surface area contributed by atoms with E-state index in [-0.39, 0.29) is 17.6 Å². The summed E-state index contributed by atoms with van der Waals surface area (Å²) in [6.07, 6.45) is 1.50. The molecule has 0 saturated carbocycles. The Balaban J connectivity index is 2.13. The van der Waals surface area contributed by atoms with Crippen molar-refractivity contribution < 1.29 is 9.59 Å². The van der Waals surface area contributed by atoms with Crippen LogP contribution in [0.2, 0.25) is 0 Å². The maximum atomic E-state index is 12.1. The van der Waals surface area contributed by atoms with E-state index < -0.39 is 0 Å². The standard InChI is InChI=1S/C14H14N2O2S/c1-9(2)13(18)16-14-15-8-11(19-14)12(17)10-6-4-3-5-7-10/h3-9H,1-2H3,(H,15,16,18). The number of carbonyl (C=O) groups is 2. The molecule has 1 heterocycles. The van der Waals surface area contributed by atoms with Gasteiger partial charge in [0.25, 0.3) is 0 Å². The van der Waals surface area contributed by atoms with Gasteiger partial charge in [-0.15, -0.1) is 0 Å². The van der Waals surface area contributed by atoms with Crippen LogP contribution in [0.1, 0.15) is 29.1 Å². The largest absolute Gasteiger partial charge is 0.302 e. The highest BCUT2D eigenvalue weighted by Gasteiger charge is 2.14. The van der Waals surface area contributed by atoms with Gasteiger partial charge in [0.15, 0.2) is 5.13 Å². The number of amides is 1. The third-order valence-electron chi connectivity index (χ3n) is 2.52. The van der Waals surface area contributed by atoms with Crippen LogP contribution in [0.25, 0.3) is 0 Å². The van der Waals surface area contributed by atoms with Gasteiger partial charge in [-0.2, -0.15) is 0 Å². The third-order valence-corrected chi connectivity index (χ3v) is 3.43. The van der Waals surface area contributed by atoms with Crippen molar-refractivity contribution in [3.8, 4) is 0 Å². The molecule has 0 spiro atoms. The topological polar surface area (TPSA) is 59.1 Å². The summed E-state index contributed by atoms with van der Waals surface area (Å²) >= 11 is 1.19. The first-order valence-corrected chi connectivity index (χ1v) is 6.76. The molecule has 19 heavy (non-hydrogen) atoms. The average Bonchev–Trinajstić information content (AvgIpc) is 2.87. The minimum absolute atomic E-state index is 0.0804. The maximum Gasteiger partial charge on any atom is 0.228 e. The molecule has 2 aromatic rings. The molecule has 0 unspecified atom stereocenters. The average molecular weight is 274 g/mol. The van der Waals surface area contributed by atoms with Gasteiger partial charge in [-0.05, 0) is 0 Å². The van der Waals surface area contributed by atoms with Gasteiger partial charge in [-0.1, -0.05) is 55.5 Å². The molecule has 5 heteroatoms. The number of hydrogen-bond acceptors (Lipinski definition) is 4. The summed E-state index contributed by atoms with van der Waals surface area (Å²) in [5.74, 6) is -0.298. The van der Waals surface area contributed by atoms with Crippen molar-refractivity contribution in [1.82, 2.24) is 4.98 Å². The van der Waals surface area contributed by atoms with Gasteiger partial charge >= 0.3 is 0 Å². The van der Waals surface area contributed by atoms with E-state index in [0.717, 1.165) is 0 Å². The molecule has 0 atom stereocenters. The zero-order valence-electron chi connectivity index (χ0n) is 10.7. The van der Waals surface area contributed by atoms with Gasteiger partial charge in [-0.25, -0.2) is 4.98 Å². The Kier molecular flexibility index (Phi) is 4.06. The molecule has 0 aliphatic heterocycles. The van der Waals surface area contributed by atoms with Crippen LogP contribution in [0, 0.1) is 5.92 Å². The SMILES string of the molecule is CC(C)C(=O)Nc1ncc(C(=O)c2ccccc2)s1. The van der Waals surface area contributed by atoms with Crippen molar-refractivity contribution in [2.24, 2.45) is 5.92 Å². The number of anilines is 1. The molecule has 0 saturated heterocycles. The normalized spacial score (nSPS) is 10.5. The Morgan fingerprint density at radius 3 is 2.53 bits per heavy atom. The summed E-state index contributed by atoms with van der Waals surface area (Å²) in [6, 6.07) is 9.01. The van der Waals surface area contributed by atoms with Crippen LogP contribution in [0.3, 0.4) is 0 Å². The molecule has 0 aliphatic carbocycles. The number of rotatable bonds is 4. The number of carbonyl (C=O) groups excluding carboxylic acids is 2. The van der Waals surface area contributed by atoms with Crippen LogP contribution < -0.4 is 5.32 Å². The summed E-state index contributed by atoms with van der Waals surface area (Å²) < 4.78 is 0. The fraction of sp³-hybridized carbons (Fsp3) is 0.214. The monoisotopic (exact) mass is 274 g/mol. The second-order valence-electron chi connectivity index (χ2n) is 4.37. The summed E-state index contributed by atoms with van der Waals surface area (Å²) in [5.41, 5.74) is 0.618. The van der Waals surface area contributed by atoms with E-state index in [9.17, 15) is 9.59 Å². The quantitative estimate of drug-likeness (QED) is 0.872. The first-order chi connectivity index (χ1) is 9.08. The number of hydrogen-bond donors (Lipinski definition) is 1. The molecule has 2 rings (SSSR count). The molecule has 1 aromatic heterocycles. The van der Waals surface area contributed by atoms with Crippen molar-refractivity contribution in [3.05, 3.63) is 47.0 Å². The minimum Gasteiger partial charge on any atom is -0.302 e. The summed E-state index contributed by atoms with van der Waals surface area (Å²) in [4.78, 5) is 28.2. The Bertz CT molecular complexity index is 591. The molecule has 0 fully saturated rings. The molecule has 0 aliphatic rings. The Labute approximate surface area is 115 Å². The smallest absolute Gasteiger partial charge is 0.228 e. The lowest BCUT2D eigenvalue weighted by molar-refractivity contribution is -0.118. The minimum atomic E-state index is -0.114. The first-order valence-electron chi connectivity index (χ1n) is 5.94. The third kappa shape index (κ3) is 3.26. The lowest BCUT2D eigenvalue weighted by atomic mass is 10.1. The number of ketones is 1. The Morgan fingerprint density at radius 1 is 1.21 bits per heavy atom. The van der Waals surface area contributed by atoms with E-state index >= 15 is 0 Å². The zero-order chi connectivity index (χ0) is 13.8. The Morgan fingerprint density at radius 2 is 1.89 bits per heavy atom. The molecule has 1 amide bonds. The summed E-state index contributed by atoms with van der Waals surface area (Å²) in [7, 11) is 0. The van der Waals surface area contributed by atoms with Crippen molar-refractivity contribution in [3.63, 3.8) is 0 Å². The van der Waals surface area contributed by atoms with E-state index in [1.807, 2.05) is 18.2 Å². The fourth-order valence-electron chi connectivity index (χ4n) is 1.42. The van der Waals surface area contributed by atoms with Crippen molar-refractivity contribution in [1.29, 1.82) is 0 Å². The highest BCUT2D eigenvalue weighted by molar-refractivity contribution is 7.17. The number of benzene rings is 1. The van der Waals surface area contributed by atoms with Crippen LogP contribution in [0.15, 0.2) is 36.5 Å². The second-order valence-corrected chi connectivity index (χ2v) is 5.40. The first kappa shape index (κ1) is 13.4. The number of nitrogens with one attached hydrogen (secondary N) is 1. The predicted octanol–water partition coefficient (Wildman–Crippen LogP) is 2.97. The van der Waals surface area contributed by atoms with Crippen LogP contribution in [0.5, 0.6) is 0 Å². The van der Waals surface area contributed by atoms with E-state index in [4.69, 9.17) is 0 Å². The van der Waals surface area contributed by atoms with E-state index in [1.54, 1.807) is 26.0 Å². The molecular weight excluding hydrogens is 260 g/mol. The number of thiazole rings is 1. The second kappa shape index (κ2) is 5.75. The van der Waals surface area contributed by atoms with Crippen LogP contribution in [-0.2, 0) is 4.79 Å². The van der Waals surface area contributed by atoms with Crippen molar-refractivity contribution in [2.45, 2.75) is 13.8 Å². The predicted molar refractivity (Wildman–Crippen MR) is 75.5 cm³/mol. The van der Waals surface area contributed by atoms with Crippen molar-refractivity contribution in [2.75, 3.05) is 5.32 Å². The highest BCUT2D eigenvalue weighted by atomic mass is 32.1. The van der Waals surface area contributed by atoms with E-state index in [2.05, 4.69) is 10.3 Å². The van der Waals surface area contributed by atoms with Gasteiger partial charge in [0.1, 0.15) is 0 Å². The van der Waals surface area contributed by atoms with Gasteiger partial charge in [0, 0.05) is 11.5 Å². The zero-order valence-corrected chi connectivity index (χ0v) is 11.5.